The second-order valence-corrected chi connectivity index (χ2v) is 3.07. The molecule has 1 rings (SSSR count). The van der Waals surface area contributed by atoms with Gasteiger partial charge < -0.3 is 9.84 Å². The van der Waals surface area contributed by atoms with Gasteiger partial charge in [0, 0.05) is 4.47 Å². The molecule has 74 valence electrons. The summed E-state index contributed by atoms with van der Waals surface area (Å²) in [4.78, 5) is 0. The van der Waals surface area contributed by atoms with Crippen molar-refractivity contribution in [1.29, 1.82) is 0 Å². The van der Waals surface area contributed by atoms with Crippen LogP contribution in [-0.2, 0) is 6.61 Å². The molecule has 0 aliphatic rings. The van der Waals surface area contributed by atoms with Crippen LogP contribution in [0.15, 0.2) is 22.7 Å². The Morgan fingerprint density at radius 2 is 1.92 bits per heavy atom. The number of hydrogen-bond acceptors (Lipinski definition) is 2. The van der Waals surface area contributed by atoms with Crippen LogP contribution in [0.4, 0.5) is 0 Å². The summed E-state index contributed by atoms with van der Waals surface area (Å²) in [6, 6.07) is 5.49. The van der Waals surface area contributed by atoms with E-state index in [4.69, 9.17) is 9.84 Å². The number of aliphatic hydroxyl groups excluding tert-OH is 1. The summed E-state index contributed by atoms with van der Waals surface area (Å²) < 4.78 is 5.91. The van der Waals surface area contributed by atoms with Crippen molar-refractivity contribution >= 4 is 15.9 Å². The van der Waals surface area contributed by atoms with Crippen LogP contribution < -0.4 is 4.74 Å². The largest absolute Gasteiger partial charge is 0.497 e. The predicted octanol–water partition coefficient (Wildman–Crippen LogP) is 2.98. The molecule has 1 aromatic carbocycles. The van der Waals surface area contributed by atoms with Gasteiger partial charge >= 0.3 is 0 Å². The van der Waals surface area contributed by atoms with Crippen LogP contribution >= 0.6 is 15.9 Å². The normalized spacial score (nSPS) is 8.69. The molecule has 0 atom stereocenters. The maximum absolute atomic E-state index is 8.81. The second kappa shape index (κ2) is 6.92. The molecule has 2 nitrogen and oxygen atoms in total. The van der Waals surface area contributed by atoms with E-state index in [1.807, 2.05) is 26.0 Å². The van der Waals surface area contributed by atoms with Crippen LogP contribution in [0.1, 0.15) is 19.4 Å². The molecule has 0 unspecified atom stereocenters. The number of benzene rings is 1. The van der Waals surface area contributed by atoms with E-state index >= 15 is 0 Å². The maximum atomic E-state index is 8.81. The lowest BCUT2D eigenvalue weighted by atomic mass is 10.2. The molecule has 0 aliphatic heterocycles. The smallest absolute Gasteiger partial charge is 0.120 e. The first kappa shape index (κ1) is 12.5. The quantitative estimate of drug-likeness (QED) is 0.870. The van der Waals surface area contributed by atoms with Gasteiger partial charge in [-0.05, 0) is 23.8 Å². The molecule has 1 aromatic rings. The number of halogens is 1. The molecule has 0 amide bonds. The third-order valence-electron chi connectivity index (χ3n) is 1.35. The zero-order chi connectivity index (χ0) is 10.3. The lowest BCUT2D eigenvalue weighted by Crippen LogP contribution is -1.87. The van der Waals surface area contributed by atoms with Crippen LogP contribution in [-0.4, -0.2) is 12.2 Å². The molecule has 0 aliphatic carbocycles. The topological polar surface area (TPSA) is 29.5 Å². The van der Waals surface area contributed by atoms with Gasteiger partial charge in [0.15, 0.2) is 0 Å². The van der Waals surface area contributed by atoms with Gasteiger partial charge in [0.05, 0.1) is 13.7 Å². The van der Waals surface area contributed by atoms with E-state index in [9.17, 15) is 0 Å². The first-order valence-electron chi connectivity index (χ1n) is 4.20. The van der Waals surface area contributed by atoms with Crippen LogP contribution in [0.25, 0.3) is 0 Å². The van der Waals surface area contributed by atoms with Gasteiger partial charge in [-0.25, -0.2) is 0 Å². The fraction of sp³-hybridized carbons (Fsp3) is 0.400. The van der Waals surface area contributed by atoms with Gasteiger partial charge in [0.25, 0.3) is 0 Å². The highest BCUT2D eigenvalue weighted by Crippen LogP contribution is 2.20. The monoisotopic (exact) mass is 246 g/mol. The summed E-state index contributed by atoms with van der Waals surface area (Å²) in [5.74, 6) is 0.753. The molecular formula is C10H15BrO2. The number of methoxy groups -OCH3 is 1. The standard InChI is InChI=1S/C8H9BrO2.C2H6/c1-11-8-3-6(5-10)2-7(9)4-8;1-2/h2-4,10H,5H2,1H3;1-2H3. The van der Waals surface area contributed by atoms with Gasteiger partial charge in [-0.15, -0.1) is 0 Å². The molecule has 0 bridgehead atoms. The molecule has 0 spiro atoms. The third kappa shape index (κ3) is 4.29. The highest BCUT2D eigenvalue weighted by molar-refractivity contribution is 9.10. The molecule has 0 fully saturated rings. The van der Waals surface area contributed by atoms with Crippen molar-refractivity contribution in [3.8, 4) is 5.75 Å². The highest BCUT2D eigenvalue weighted by Gasteiger charge is 1.97. The van der Waals surface area contributed by atoms with E-state index in [0.717, 1.165) is 15.8 Å². The van der Waals surface area contributed by atoms with Gasteiger partial charge in [-0.2, -0.15) is 0 Å². The first-order valence-corrected chi connectivity index (χ1v) is 5.00. The summed E-state index contributed by atoms with van der Waals surface area (Å²) in [6.07, 6.45) is 0. The average Bonchev–Trinajstić information content (AvgIpc) is 2.20. The van der Waals surface area contributed by atoms with E-state index in [0.29, 0.717) is 0 Å². The summed E-state index contributed by atoms with van der Waals surface area (Å²) in [5, 5.41) is 8.81. The van der Waals surface area contributed by atoms with Crippen molar-refractivity contribution in [3.05, 3.63) is 28.2 Å². The van der Waals surface area contributed by atoms with E-state index in [2.05, 4.69) is 15.9 Å². The second-order valence-electron chi connectivity index (χ2n) is 2.16. The fourth-order valence-electron chi connectivity index (χ4n) is 0.830. The molecular weight excluding hydrogens is 232 g/mol. The molecule has 3 heteroatoms. The van der Waals surface area contributed by atoms with E-state index in [1.165, 1.54) is 0 Å². The Kier molecular flexibility index (Phi) is 6.63. The lowest BCUT2D eigenvalue weighted by molar-refractivity contribution is 0.281. The Morgan fingerprint density at radius 3 is 2.38 bits per heavy atom. The van der Waals surface area contributed by atoms with Crippen molar-refractivity contribution in [2.75, 3.05) is 7.11 Å². The first-order chi connectivity index (χ1) is 6.26. The number of hydrogen-bond donors (Lipinski definition) is 1. The van der Waals surface area contributed by atoms with E-state index in [-0.39, 0.29) is 6.61 Å². The molecule has 13 heavy (non-hydrogen) atoms. The van der Waals surface area contributed by atoms with Gasteiger partial charge in [0.1, 0.15) is 5.75 Å². The Labute approximate surface area is 87.7 Å². The minimum atomic E-state index is 0.0375. The molecule has 0 aromatic heterocycles. The number of ether oxygens (including phenoxy) is 1. The molecule has 1 N–H and O–H groups in total. The molecule has 0 heterocycles. The summed E-state index contributed by atoms with van der Waals surface area (Å²) in [7, 11) is 1.60. The molecule has 0 radical (unpaired) electrons. The van der Waals surface area contributed by atoms with Crippen LogP contribution in [0.5, 0.6) is 5.75 Å². The Bertz CT molecular complexity index is 226. The van der Waals surface area contributed by atoms with Gasteiger partial charge in [-0.3, -0.25) is 0 Å². The van der Waals surface area contributed by atoms with E-state index in [1.54, 1.807) is 13.2 Å². The zero-order valence-corrected chi connectivity index (χ0v) is 9.76. The van der Waals surface area contributed by atoms with Crippen LogP contribution in [0, 0.1) is 0 Å². The number of aliphatic hydroxyl groups is 1. The van der Waals surface area contributed by atoms with Crippen molar-refractivity contribution in [2.45, 2.75) is 20.5 Å². The molecule has 0 saturated heterocycles. The molecule has 0 saturated carbocycles. The van der Waals surface area contributed by atoms with Crippen molar-refractivity contribution in [1.82, 2.24) is 0 Å². The Morgan fingerprint density at radius 1 is 1.31 bits per heavy atom. The lowest BCUT2D eigenvalue weighted by Gasteiger charge is -2.02. The van der Waals surface area contributed by atoms with Gasteiger partial charge in [-0.1, -0.05) is 29.8 Å². The van der Waals surface area contributed by atoms with E-state index < -0.39 is 0 Å². The van der Waals surface area contributed by atoms with Crippen molar-refractivity contribution in [3.63, 3.8) is 0 Å². The highest BCUT2D eigenvalue weighted by atomic mass is 79.9. The fourth-order valence-corrected chi connectivity index (χ4v) is 1.35. The van der Waals surface area contributed by atoms with Crippen LogP contribution in [0.2, 0.25) is 0 Å². The SMILES string of the molecule is CC.COc1cc(Br)cc(CO)c1. The predicted molar refractivity (Wildman–Crippen MR) is 58.0 cm³/mol. The van der Waals surface area contributed by atoms with Crippen molar-refractivity contribution < 1.29 is 9.84 Å². The summed E-state index contributed by atoms with van der Waals surface area (Å²) in [5.41, 5.74) is 0.844. The zero-order valence-electron chi connectivity index (χ0n) is 8.17. The third-order valence-corrected chi connectivity index (χ3v) is 1.81. The minimum Gasteiger partial charge on any atom is -0.497 e. The maximum Gasteiger partial charge on any atom is 0.120 e. The summed E-state index contributed by atoms with van der Waals surface area (Å²) >= 11 is 3.30. The van der Waals surface area contributed by atoms with Gasteiger partial charge in [0.2, 0.25) is 0 Å². The van der Waals surface area contributed by atoms with Crippen molar-refractivity contribution in [2.24, 2.45) is 0 Å². The minimum absolute atomic E-state index is 0.0375. The Hall–Kier alpha value is -0.540. The Balaban J connectivity index is 0.000000671. The number of rotatable bonds is 2. The average molecular weight is 247 g/mol. The summed E-state index contributed by atoms with van der Waals surface area (Å²) in [6.45, 7) is 4.04. The van der Waals surface area contributed by atoms with Crippen LogP contribution in [0.3, 0.4) is 0 Å².